The summed E-state index contributed by atoms with van der Waals surface area (Å²) in [6.45, 7) is 5.69. The highest BCUT2D eigenvalue weighted by atomic mass is 19.1. The van der Waals surface area contributed by atoms with E-state index >= 15 is 0 Å². The van der Waals surface area contributed by atoms with Crippen molar-refractivity contribution < 1.29 is 9.13 Å². The molecule has 21 heavy (non-hydrogen) atoms. The van der Waals surface area contributed by atoms with Gasteiger partial charge in [-0.25, -0.2) is 4.39 Å². The van der Waals surface area contributed by atoms with Crippen molar-refractivity contribution in [2.45, 2.75) is 32.8 Å². The molecule has 1 N–H and O–H groups in total. The summed E-state index contributed by atoms with van der Waals surface area (Å²) in [7, 11) is 3.78. The first-order chi connectivity index (χ1) is 10.1. The largest absolute Gasteiger partial charge is 0.489 e. The molecule has 0 aliphatic carbocycles. The van der Waals surface area contributed by atoms with Gasteiger partial charge in [0.25, 0.3) is 0 Å². The highest BCUT2D eigenvalue weighted by molar-refractivity contribution is 5.79. The first-order valence-electron chi connectivity index (χ1n) is 7.40. The maximum atomic E-state index is 13.1. The van der Waals surface area contributed by atoms with Gasteiger partial charge in [-0.1, -0.05) is 19.4 Å². The molecule has 0 bridgehead atoms. The lowest BCUT2D eigenvalue weighted by atomic mass is 10.3. The van der Waals surface area contributed by atoms with Crippen LogP contribution in [0.5, 0.6) is 5.75 Å². The molecule has 1 aromatic rings. The molecule has 1 atom stereocenters. The van der Waals surface area contributed by atoms with Crippen LogP contribution < -0.4 is 10.1 Å². The number of hydrogen-bond donors (Lipinski definition) is 1. The van der Waals surface area contributed by atoms with Crippen LogP contribution in [0.3, 0.4) is 0 Å². The SMILES string of the molecule is CCCCN(C)C(=NC)NCC(C)Oc1cccc(F)c1. The lowest BCUT2D eigenvalue weighted by Gasteiger charge is -2.23. The Morgan fingerprint density at radius 2 is 2.24 bits per heavy atom. The molecular formula is C16H26FN3O. The third-order valence-corrected chi connectivity index (χ3v) is 3.10. The number of guanidine groups is 1. The van der Waals surface area contributed by atoms with Crippen LogP contribution in [0.1, 0.15) is 26.7 Å². The van der Waals surface area contributed by atoms with Gasteiger partial charge in [0.1, 0.15) is 17.7 Å². The van der Waals surface area contributed by atoms with Gasteiger partial charge >= 0.3 is 0 Å². The van der Waals surface area contributed by atoms with Gasteiger partial charge in [0.15, 0.2) is 5.96 Å². The minimum Gasteiger partial charge on any atom is -0.489 e. The molecule has 0 radical (unpaired) electrons. The van der Waals surface area contributed by atoms with E-state index in [9.17, 15) is 4.39 Å². The van der Waals surface area contributed by atoms with Crippen molar-refractivity contribution in [3.05, 3.63) is 30.1 Å². The zero-order valence-electron chi connectivity index (χ0n) is 13.4. The van der Waals surface area contributed by atoms with Crippen molar-refractivity contribution in [1.29, 1.82) is 0 Å². The molecule has 1 unspecified atom stereocenters. The Bertz CT molecular complexity index is 451. The molecule has 118 valence electrons. The summed E-state index contributed by atoms with van der Waals surface area (Å²) in [5.41, 5.74) is 0. The average Bonchev–Trinajstić information content (AvgIpc) is 2.45. The zero-order chi connectivity index (χ0) is 15.7. The molecule has 4 nitrogen and oxygen atoms in total. The van der Waals surface area contributed by atoms with Crippen LogP contribution in [0.15, 0.2) is 29.3 Å². The second kappa shape index (κ2) is 9.21. The lowest BCUT2D eigenvalue weighted by Crippen LogP contribution is -2.43. The number of benzene rings is 1. The molecular weight excluding hydrogens is 269 g/mol. The predicted molar refractivity (Wildman–Crippen MR) is 85.4 cm³/mol. The number of nitrogens with zero attached hydrogens (tertiary/aromatic N) is 2. The van der Waals surface area contributed by atoms with Gasteiger partial charge in [-0.3, -0.25) is 4.99 Å². The van der Waals surface area contributed by atoms with Gasteiger partial charge in [-0.2, -0.15) is 0 Å². The van der Waals surface area contributed by atoms with E-state index in [-0.39, 0.29) is 11.9 Å². The van der Waals surface area contributed by atoms with Crippen LogP contribution in [0.25, 0.3) is 0 Å². The predicted octanol–water partition coefficient (Wildman–Crippen LogP) is 2.90. The van der Waals surface area contributed by atoms with E-state index in [2.05, 4.69) is 22.1 Å². The minimum atomic E-state index is -0.289. The Morgan fingerprint density at radius 1 is 1.48 bits per heavy atom. The van der Waals surface area contributed by atoms with Crippen LogP contribution in [0.4, 0.5) is 4.39 Å². The molecule has 0 aliphatic rings. The number of hydrogen-bond acceptors (Lipinski definition) is 2. The average molecular weight is 295 g/mol. The summed E-state index contributed by atoms with van der Waals surface area (Å²) in [5, 5.41) is 3.27. The van der Waals surface area contributed by atoms with E-state index in [1.54, 1.807) is 19.2 Å². The van der Waals surface area contributed by atoms with E-state index in [1.165, 1.54) is 12.1 Å². The number of nitrogens with one attached hydrogen (secondary N) is 1. The molecule has 1 aromatic carbocycles. The molecule has 0 saturated heterocycles. The fourth-order valence-corrected chi connectivity index (χ4v) is 1.94. The van der Waals surface area contributed by atoms with E-state index in [1.807, 2.05) is 14.0 Å². The minimum absolute atomic E-state index is 0.0804. The zero-order valence-corrected chi connectivity index (χ0v) is 13.4. The number of unbranched alkanes of at least 4 members (excludes halogenated alkanes) is 1. The summed E-state index contributed by atoms with van der Waals surface area (Å²) in [4.78, 5) is 6.35. The topological polar surface area (TPSA) is 36.9 Å². The Labute approximate surface area is 127 Å². The number of halogens is 1. The Morgan fingerprint density at radius 3 is 2.86 bits per heavy atom. The van der Waals surface area contributed by atoms with Crippen LogP contribution in [-0.2, 0) is 0 Å². The molecule has 0 aromatic heterocycles. The summed E-state index contributed by atoms with van der Waals surface area (Å²) in [6, 6.07) is 6.18. The summed E-state index contributed by atoms with van der Waals surface area (Å²) in [5.74, 6) is 1.10. The third-order valence-electron chi connectivity index (χ3n) is 3.10. The Kier molecular flexibility index (Phi) is 7.58. The van der Waals surface area contributed by atoms with Crippen LogP contribution in [-0.4, -0.2) is 44.1 Å². The van der Waals surface area contributed by atoms with E-state index in [4.69, 9.17) is 4.74 Å². The summed E-state index contributed by atoms with van der Waals surface area (Å²) >= 11 is 0. The highest BCUT2D eigenvalue weighted by Crippen LogP contribution is 2.13. The maximum absolute atomic E-state index is 13.1. The van der Waals surface area contributed by atoms with Crippen molar-refractivity contribution in [3.63, 3.8) is 0 Å². The van der Waals surface area contributed by atoms with Crippen LogP contribution in [0.2, 0.25) is 0 Å². The number of aliphatic imine (C=N–C) groups is 1. The van der Waals surface area contributed by atoms with Gasteiger partial charge in [-0.05, 0) is 25.5 Å². The lowest BCUT2D eigenvalue weighted by molar-refractivity contribution is 0.221. The monoisotopic (exact) mass is 295 g/mol. The number of ether oxygens (including phenoxy) is 1. The summed E-state index contributed by atoms with van der Waals surface area (Å²) in [6.07, 6.45) is 2.20. The Balaban J connectivity index is 2.42. The van der Waals surface area contributed by atoms with Crippen molar-refractivity contribution >= 4 is 5.96 Å². The fourth-order valence-electron chi connectivity index (χ4n) is 1.94. The smallest absolute Gasteiger partial charge is 0.193 e. The van der Waals surface area contributed by atoms with Crippen molar-refractivity contribution in [1.82, 2.24) is 10.2 Å². The fraction of sp³-hybridized carbons (Fsp3) is 0.562. The van der Waals surface area contributed by atoms with Crippen molar-refractivity contribution in [2.75, 3.05) is 27.2 Å². The quantitative estimate of drug-likeness (QED) is 0.621. The number of rotatable bonds is 7. The van der Waals surface area contributed by atoms with Crippen molar-refractivity contribution in [3.8, 4) is 5.75 Å². The normalized spacial score (nSPS) is 12.9. The summed E-state index contributed by atoms with van der Waals surface area (Å²) < 4.78 is 18.8. The second-order valence-electron chi connectivity index (χ2n) is 5.09. The first kappa shape index (κ1) is 17.3. The second-order valence-corrected chi connectivity index (χ2v) is 5.09. The van der Waals surface area contributed by atoms with Gasteiger partial charge in [0.2, 0.25) is 0 Å². The van der Waals surface area contributed by atoms with Gasteiger partial charge in [0.05, 0.1) is 6.54 Å². The van der Waals surface area contributed by atoms with E-state index in [0.717, 1.165) is 25.3 Å². The van der Waals surface area contributed by atoms with Crippen LogP contribution in [0, 0.1) is 5.82 Å². The molecule has 0 aliphatic heterocycles. The van der Waals surface area contributed by atoms with Crippen molar-refractivity contribution in [2.24, 2.45) is 4.99 Å². The molecule has 0 amide bonds. The molecule has 0 heterocycles. The first-order valence-corrected chi connectivity index (χ1v) is 7.40. The van der Waals surface area contributed by atoms with Gasteiger partial charge < -0.3 is 15.0 Å². The molecule has 0 saturated carbocycles. The van der Waals surface area contributed by atoms with Crippen LogP contribution >= 0.6 is 0 Å². The molecule has 5 heteroatoms. The Hall–Kier alpha value is -1.78. The highest BCUT2D eigenvalue weighted by Gasteiger charge is 2.09. The standard InChI is InChI=1S/C16H26FN3O/c1-5-6-10-20(4)16(18-3)19-12-13(2)21-15-9-7-8-14(17)11-15/h7-9,11,13H,5-6,10,12H2,1-4H3,(H,18,19). The molecule has 0 fully saturated rings. The molecule has 0 spiro atoms. The molecule has 1 rings (SSSR count). The van der Waals surface area contributed by atoms with E-state index < -0.39 is 0 Å². The van der Waals surface area contributed by atoms with Gasteiger partial charge in [0, 0.05) is 26.7 Å². The van der Waals surface area contributed by atoms with Gasteiger partial charge in [-0.15, -0.1) is 0 Å². The maximum Gasteiger partial charge on any atom is 0.193 e. The van der Waals surface area contributed by atoms with E-state index in [0.29, 0.717) is 12.3 Å². The third kappa shape index (κ3) is 6.47.